The standard InChI is InChI=1S/C32H39ClN4O7S2/c1-20(2)18-26(32(42)36-27(19-45)30(40)34-17-16-22-9-4-6-12-24(22)33)35-31(41)25(14-15-29(38)39)37-46(43,44)28-13-7-10-21-8-3-5-11-23(21)28/h3-13,20,25-27,37,45H,14-19H2,1-2H3,(H,34,40)(H,35,41)(H,36,42)(H,38,39)/t25-,26-,27-/m0/s1. The van der Waals surface area contributed by atoms with Crippen LogP contribution in [0.25, 0.3) is 10.8 Å². The molecular weight excluding hydrogens is 652 g/mol. The molecule has 0 radical (unpaired) electrons. The van der Waals surface area contributed by atoms with Gasteiger partial charge in [0, 0.05) is 29.1 Å². The van der Waals surface area contributed by atoms with Crippen molar-refractivity contribution in [1.82, 2.24) is 20.7 Å². The zero-order valence-corrected chi connectivity index (χ0v) is 28.0. The summed E-state index contributed by atoms with van der Waals surface area (Å²) >= 11 is 10.4. The number of halogens is 1. The minimum atomic E-state index is -4.30. The van der Waals surface area contributed by atoms with Crippen molar-refractivity contribution in [1.29, 1.82) is 0 Å². The summed E-state index contributed by atoms with van der Waals surface area (Å²) in [6.45, 7) is 3.92. The second-order valence-electron chi connectivity index (χ2n) is 11.2. The number of hydrogen-bond donors (Lipinski definition) is 6. The van der Waals surface area contributed by atoms with Gasteiger partial charge in [-0.15, -0.1) is 0 Å². The number of carboxylic acid groups (broad SMARTS) is 1. The number of thiol groups is 1. The van der Waals surface area contributed by atoms with E-state index in [-0.39, 0.29) is 36.0 Å². The highest BCUT2D eigenvalue weighted by Crippen LogP contribution is 2.23. The number of aliphatic carboxylic acids is 1. The van der Waals surface area contributed by atoms with Gasteiger partial charge >= 0.3 is 5.97 Å². The van der Waals surface area contributed by atoms with Crippen LogP contribution in [0.3, 0.4) is 0 Å². The van der Waals surface area contributed by atoms with Crippen molar-refractivity contribution in [3.63, 3.8) is 0 Å². The van der Waals surface area contributed by atoms with E-state index in [1.165, 1.54) is 6.07 Å². The van der Waals surface area contributed by atoms with Crippen molar-refractivity contribution < 1.29 is 32.7 Å². The van der Waals surface area contributed by atoms with Crippen LogP contribution in [-0.2, 0) is 35.6 Å². The number of nitrogens with one attached hydrogen (secondary N) is 4. The first-order valence-corrected chi connectivity index (χ1v) is 17.3. The van der Waals surface area contributed by atoms with Crippen LogP contribution in [-0.4, -0.2) is 67.6 Å². The molecule has 0 saturated heterocycles. The first-order chi connectivity index (χ1) is 21.8. The number of rotatable bonds is 17. The molecule has 3 rings (SSSR count). The van der Waals surface area contributed by atoms with Crippen molar-refractivity contribution in [2.45, 2.75) is 62.6 Å². The first-order valence-electron chi connectivity index (χ1n) is 14.8. The molecule has 0 aliphatic heterocycles. The van der Waals surface area contributed by atoms with Gasteiger partial charge in [-0.1, -0.05) is 80.0 Å². The lowest BCUT2D eigenvalue weighted by Crippen LogP contribution is -2.57. The molecule has 248 valence electrons. The molecule has 5 N–H and O–H groups in total. The van der Waals surface area contributed by atoms with Gasteiger partial charge < -0.3 is 21.1 Å². The van der Waals surface area contributed by atoms with E-state index < -0.39 is 58.3 Å². The minimum absolute atomic E-state index is 0.0297. The molecule has 3 aromatic rings. The molecule has 3 aromatic carbocycles. The molecule has 14 heteroatoms. The molecule has 0 aliphatic carbocycles. The molecule has 0 unspecified atom stereocenters. The predicted molar refractivity (Wildman–Crippen MR) is 180 cm³/mol. The fourth-order valence-electron chi connectivity index (χ4n) is 4.78. The third-order valence-corrected chi connectivity index (χ3v) is 9.37. The Kier molecular flexibility index (Phi) is 13.9. The summed E-state index contributed by atoms with van der Waals surface area (Å²) < 4.78 is 29.3. The fraction of sp³-hybridized carbons (Fsp3) is 0.375. The third kappa shape index (κ3) is 10.7. The van der Waals surface area contributed by atoms with E-state index in [4.69, 9.17) is 11.6 Å². The van der Waals surface area contributed by atoms with Crippen LogP contribution in [0.1, 0.15) is 38.7 Å². The third-order valence-electron chi connectivity index (χ3n) is 7.11. The van der Waals surface area contributed by atoms with Gasteiger partial charge in [-0.05, 0) is 48.3 Å². The summed E-state index contributed by atoms with van der Waals surface area (Å²) in [6, 6.07) is 15.1. The molecule has 0 aliphatic rings. The molecule has 0 fully saturated rings. The van der Waals surface area contributed by atoms with E-state index in [0.717, 1.165) is 5.56 Å². The van der Waals surface area contributed by atoms with Gasteiger partial charge in [0.05, 0.1) is 4.90 Å². The number of carbonyl (C=O) groups is 4. The minimum Gasteiger partial charge on any atom is -0.481 e. The van der Waals surface area contributed by atoms with Gasteiger partial charge in [0.1, 0.15) is 18.1 Å². The molecule has 0 spiro atoms. The van der Waals surface area contributed by atoms with Crippen LogP contribution in [0.4, 0.5) is 0 Å². The Morgan fingerprint density at radius 3 is 2.15 bits per heavy atom. The highest BCUT2D eigenvalue weighted by Gasteiger charge is 2.32. The maximum absolute atomic E-state index is 13.5. The van der Waals surface area contributed by atoms with Crippen LogP contribution in [0.2, 0.25) is 5.02 Å². The van der Waals surface area contributed by atoms with Crippen LogP contribution in [0.5, 0.6) is 0 Å². The van der Waals surface area contributed by atoms with E-state index in [9.17, 15) is 32.7 Å². The highest BCUT2D eigenvalue weighted by molar-refractivity contribution is 7.89. The lowest BCUT2D eigenvalue weighted by Gasteiger charge is -2.26. The summed E-state index contributed by atoms with van der Waals surface area (Å²) in [4.78, 5) is 51.0. The topological polar surface area (TPSA) is 171 Å². The maximum Gasteiger partial charge on any atom is 0.303 e. The highest BCUT2D eigenvalue weighted by atomic mass is 35.5. The van der Waals surface area contributed by atoms with Gasteiger partial charge in [-0.2, -0.15) is 17.4 Å². The van der Waals surface area contributed by atoms with E-state index in [1.54, 1.807) is 48.5 Å². The number of sulfonamides is 1. The quantitative estimate of drug-likeness (QED) is 0.118. The summed E-state index contributed by atoms with van der Waals surface area (Å²) in [5.41, 5.74) is 0.851. The van der Waals surface area contributed by atoms with Crippen molar-refractivity contribution in [2.24, 2.45) is 5.92 Å². The molecule has 46 heavy (non-hydrogen) atoms. The molecule has 11 nitrogen and oxygen atoms in total. The second-order valence-corrected chi connectivity index (χ2v) is 13.6. The van der Waals surface area contributed by atoms with Crippen molar-refractivity contribution >= 4 is 68.7 Å². The number of carboxylic acids is 1. The Balaban J connectivity index is 1.74. The SMILES string of the molecule is CC(C)C[C@H](NC(=O)[C@H](CCC(=O)O)NS(=O)(=O)c1cccc2ccccc12)C(=O)N[C@@H](CS)C(=O)NCCc1ccccc1Cl. The molecular formula is C32H39ClN4O7S2. The molecule has 3 atom stereocenters. The van der Waals surface area contributed by atoms with Crippen LogP contribution in [0.15, 0.2) is 71.6 Å². The smallest absolute Gasteiger partial charge is 0.303 e. The van der Waals surface area contributed by atoms with Crippen molar-refractivity contribution in [2.75, 3.05) is 12.3 Å². The Morgan fingerprint density at radius 1 is 0.848 bits per heavy atom. The number of hydrogen-bond acceptors (Lipinski definition) is 7. The number of benzene rings is 3. The second kappa shape index (κ2) is 17.3. The Bertz CT molecular complexity index is 1650. The van der Waals surface area contributed by atoms with Gasteiger partial charge in [-0.3, -0.25) is 19.2 Å². The molecule has 0 heterocycles. The van der Waals surface area contributed by atoms with Gasteiger partial charge in [-0.25, -0.2) is 8.42 Å². The van der Waals surface area contributed by atoms with Gasteiger partial charge in [0.15, 0.2) is 0 Å². The number of fused-ring (bicyclic) bond motifs is 1. The maximum atomic E-state index is 13.5. The van der Waals surface area contributed by atoms with Gasteiger partial charge in [0.25, 0.3) is 0 Å². The number of amides is 3. The Morgan fingerprint density at radius 2 is 1.48 bits per heavy atom. The molecule has 0 bridgehead atoms. The van der Waals surface area contributed by atoms with Crippen LogP contribution < -0.4 is 20.7 Å². The first kappa shape index (κ1) is 36.8. The Hall–Kier alpha value is -3.65. The molecule has 3 amide bonds. The van der Waals surface area contributed by atoms with E-state index in [0.29, 0.717) is 22.2 Å². The van der Waals surface area contributed by atoms with Crippen molar-refractivity contribution in [3.8, 4) is 0 Å². The summed E-state index contributed by atoms with van der Waals surface area (Å²) in [7, 11) is -4.30. The normalized spacial score (nSPS) is 13.5. The zero-order chi connectivity index (χ0) is 33.9. The lowest BCUT2D eigenvalue weighted by molar-refractivity contribution is -0.137. The average molecular weight is 691 g/mol. The van der Waals surface area contributed by atoms with Gasteiger partial charge in [0.2, 0.25) is 27.7 Å². The van der Waals surface area contributed by atoms with E-state index in [2.05, 4.69) is 33.3 Å². The number of carbonyl (C=O) groups excluding carboxylic acids is 3. The van der Waals surface area contributed by atoms with E-state index in [1.807, 2.05) is 26.0 Å². The largest absolute Gasteiger partial charge is 0.481 e. The monoisotopic (exact) mass is 690 g/mol. The summed E-state index contributed by atoms with van der Waals surface area (Å²) in [5, 5.41) is 18.9. The summed E-state index contributed by atoms with van der Waals surface area (Å²) in [6.07, 6.45) is -0.245. The average Bonchev–Trinajstić information content (AvgIpc) is 3.01. The predicted octanol–water partition coefficient (Wildman–Crippen LogP) is 3.31. The van der Waals surface area contributed by atoms with Crippen molar-refractivity contribution in [3.05, 3.63) is 77.3 Å². The van der Waals surface area contributed by atoms with E-state index >= 15 is 0 Å². The zero-order valence-electron chi connectivity index (χ0n) is 25.5. The Labute approximate surface area is 279 Å². The molecule has 0 saturated carbocycles. The summed E-state index contributed by atoms with van der Waals surface area (Å²) in [5.74, 6) is -3.37. The van der Waals surface area contributed by atoms with Crippen LogP contribution >= 0.6 is 24.2 Å². The van der Waals surface area contributed by atoms with Crippen LogP contribution in [0, 0.1) is 5.92 Å². The fourth-order valence-corrected chi connectivity index (χ4v) is 6.73. The lowest BCUT2D eigenvalue weighted by atomic mass is 10.0. The molecule has 0 aromatic heterocycles.